The second-order valence-electron chi connectivity index (χ2n) is 3.37. The fraction of sp³-hybridized carbons (Fsp3) is 0.200. The molecule has 0 saturated heterocycles. The number of rotatable bonds is 3. The number of hydrogen-bond acceptors (Lipinski definition) is 5. The summed E-state index contributed by atoms with van der Waals surface area (Å²) in [7, 11) is 0. The van der Waals surface area contributed by atoms with Gasteiger partial charge in [0, 0.05) is 29.4 Å². The zero-order valence-electron chi connectivity index (χ0n) is 8.88. The molecule has 0 bridgehead atoms. The predicted molar refractivity (Wildman–Crippen MR) is 63.8 cm³/mol. The van der Waals surface area contributed by atoms with Gasteiger partial charge in [0.25, 0.3) is 5.69 Å². The molecule has 0 radical (unpaired) electrons. The highest BCUT2D eigenvalue weighted by Gasteiger charge is 2.16. The van der Waals surface area contributed by atoms with E-state index in [9.17, 15) is 10.1 Å². The third kappa shape index (κ3) is 2.33. The number of benzene rings is 1. The lowest BCUT2D eigenvalue weighted by Crippen LogP contribution is -1.94. The minimum atomic E-state index is -0.424. The number of aryl methyl sites for hydroxylation is 1. The third-order valence-corrected chi connectivity index (χ3v) is 2.82. The molecule has 6 nitrogen and oxygen atoms in total. The Morgan fingerprint density at radius 1 is 1.53 bits per heavy atom. The number of nitro benzene ring substituents is 1. The first kappa shape index (κ1) is 11.7. The topological polar surface area (TPSA) is 82.1 Å². The van der Waals surface area contributed by atoms with Gasteiger partial charge >= 0.3 is 0 Å². The van der Waals surface area contributed by atoms with Gasteiger partial charge in [0.2, 0.25) is 11.7 Å². The van der Waals surface area contributed by atoms with Crippen molar-refractivity contribution in [1.82, 2.24) is 10.1 Å². The van der Waals surface area contributed by atoms with Crippen molar-refractivity contribution in [3.63, 3.8) is 0 Å². The molecule has 0 atom stereocenters. The summed E-state index contributed by atoms with van der Waals surface area (Å²) in [5.41, 5.74) is 1.22. The van der Waals surface area contributed by atoms with E-state index in [1.165, 1.54) is 6.07 Å². The average Bonchev–Trinajstić information content (AvgIpc) is 2.75. The van der Waals surface area contributed by atoms with Crippen LogP contribution < -0.4 is 0 Å². The molecular formula is C10H8BrN3O3. The van der Waals surface area contributed by atoms with Crippen LogP contribution in [0.1, 0.15) is 11.5 Å². The second kappa shape index (κ2) is 4.62. The molecule has 1 heterocycles. The van der Waals surface area contributed by atoms with Gasteiger partial charge in [-0.2, -0.15) is 4.98 Å². The van der Waals surface area contributed by atoms with Crippen molar-refractivity contribution in [2.24, 2.45) is 0 Å². The standard InChI is InChI=1S/C10H8BrN3O3/c1-6-12-10(13-17-6)7-2-3-8(5-11)9(4-7)14(15)16/h2-4H,5H2,1H3. The van der Waals surface area contributed by atoms with E-state index >= 15 is 0 Å². The lowest BCUT2D eigenvalue weighted by atomic mass is 10.1. The zero-order chi connectivity index (χ0) is 12.4. The number of hydrogen-bond donors (Lipinski definition) is 0. The Labute approximate surface area is 105 Å². The van der Waals surface area contributed by atoms with Gasteiger partial charge < -0.3 is 4.52 Å². The van der Waals surface area contributed by atoms with Crippen LogP contribution in [0.5, 0.6) is 0 Å². The van der Waals surface area contributed by atoms with E-state index in [4.69, 9.17) is 4.52 Å². The number of nitro groups is 1. The van der Waals surface area contributed by atoms with Crippen molar-refractivity contribution < 1.29 is 9.45 Å². The molecule has 1 aromatic carbocycles. The molecule has 1 aromatic heterocycles. The maximum atomic E-state index is 10.9. The molecule has 0 unspecified atom stereocenters. The van der Waals surface area contributed by atoms with E-state index < -0.39 is 4.92 Å². The molecule has 0 saturated carbocycles. The molecule has 7 heteroatoms. The van der Waals surface area contributed by atoms with Crippen molar-refractivity contribution in [1.29, 1.82) is 0 Å². The lowest BCUT2D eigenvalue weighted by Gasteiger charge is -2.00. The van der Waals surface area contributed by atoms with Gasteiger partial charge in [0.05, 0.1) is 4.92 Å². The molecule has 0 spiro atoms. The van der Waals surface area contributed by atoms with Crippen LogP contribution in [0.3, 0.4) is 0 Å². The molecule has 0 aliphatic heterocycles. The van der Waals surface area contributed by atoms with E-state index in [2.05, 4.69) is 26.1 Å². The summed E-state index contributed by atoms with van der Waals surface area (Å²) in [6, 6.07) is 4.85. The largest absolute Gasteiger partial charge is 0.339 e. The monoisotopic (exact) mass is 297 g/mol. The van der Waals surface area contributed by atoms with Crippen LogP contribution in [-0.4, -0.2) is 15.1 Å². The van der Waals surface area contributed by atoms with Crippen LogP contribution in [0.2, 0.25) is 0 Å². The average molecular weight is 298 g/mol. The van der Waals surface area contributed by atoms with E-state index in [-0.39, 0.29) is 5.69 Å². The lowest BCUT2D eigenvalue weighted by molar-refractivity contribution is -0.385. The molecule has 17 heavy (non-hydrogen) atoms. The zero-order valence-corrected chi connectivity index (χ0v) is 10.5. The Kier molecular flexibility index (Phi) is 3.19. The molecule has 0 fully saturated rings. The number of halogens is 1. The van der Waals surface area contributed by atoms with E-state index in [0.29, 0.717) is 28.2 Å². The summed E-state index contributed by atoms with van der Waals surface area (Å²) in [5, 5.41) is 15.0. The minimum Gasteiger partial charge on any atom is -0.339 e. The Bertz CT molecular complexity index is 568. The normalized spacial score (nSPS) is 10.5. The Hall–Kier alpha value is -1.76. The highest BCUT2D eigenvalue weighted by molar-refractivity contribution is 9.08. The van der Waals surface area contributed by atoms with Gasteiger partial charge in [-0.1, -0.05) is 33.2 Å². The Morgan fingerprint density at radius 2 is 2.29 bits per heavy atom. The maximum Gasteiger partial charge on any atom is 0.274 e. The summed E-state index contributed by atoms with van der Waals surface area (Å²) in [6.07, 6.45) is 0. The highest BCUT2D eigenvalue weighted by atomic mass is 79.9. The molecule has 0 N–H and O–H groups in total. The predicted octanol–water partition coefficient (Wildman–Crippen LogP) is 2.85. The molecular weight excluding hydrogens is 290 g/mol. The van der Waals surface area contributed by atoms with Gasteiger partial charge in [-0.3, -0.25) is 10.1 Å². The SMILES string of the molecule is Cc1nc(-c2ccc(CBr)c([N+](=O)[O-])c2)no1. The summed E-state index contributed by atoms with van der Waals surface area (Å²) in [6.45, 7) is 1.66. The van der Waals surface area contributed by atoms with Crippen LogP contribution in [0, 0.1) is 17.0 Å². The third-order valence-electron chi connectivity index (χ3n) is 2.21. The summed E-state index contributed by atoms with van der Waals surface area (Å²) >= 11 is 3.21. The van der Waals surface area contributed by atoms with Gasteiger partial charge in [-0.05, 0) is 0 Å². The smallest absolute Gasteiger partial charge is 0.274 e. The van der Waals surface area contributed by atoms with Crippen molar-refractivity contribution >= 4 is 21.6 Å². The van der Waals surface area contributed by atoms with Crippen LogP contribution in [-0.2, 0) is 5.33 Å². The number of alkyl halides is 1. The summed E-state index contributed by atoms with van der Waals surface area (Å²) < 4.78 is 4.84. The first-order chi connectivity index (χ1) is 8.11. The fourth-order valence-corrected chi connectivity index (χ4v) is 1.88. The van der Waals surface area contributed by atoms with Crippen molar-refractivity contribution in [2.45, 2.75) is 12.3 Å². The van der Waals surface area contributed by atoms with Crippen molar-refractivity contribution in [2.75, 3.05) is 0 Å². The molecule has 0 aliphatic rings. The maximum absolute atomic E-state index is 10.9. The van der Waals surface area contributed by atoms with E-state index in [0.717, 1.165) is 0 Å². The molecule has 0 aliphatic carbocycles. The number of aromatic nitrogens is 2. The fourth-order valence-electron chi connectivity index (χ4n) is 1.40. The summed E-state index contributed by atoms with van der Waals surface area (Å²) in [4.78, 5) is 14.5. The minimum absolute atomic E-state index is 0.0434. The number of nitrogens with zero attached hydrogens (tertiary/aromatic N) is 3. The van der Waals surface area contributed by atoms with Crippen LogP contribution in [0.15, 0.2) is 22.7 Å². The quantitative estimate of drug-likeness (QED) is 0.494. The molecule has 88 valence electrons. The first-order valence-electron chi connectivity index (χ1n) is 4.76. The van der Waals surface area contributed by atoms with Gasteiger partial charge in [0.15, 0.2) is 0 Å². The van der Waals surface area contributed by atoms with Crippen molar-refractivity contribution in [3.8, 4) is 11.4 Å². The van der Waals surface area contributed by atoms with Crippen molar-refractivity contribution in [3.05, 3.63) is 39.8 Å². The second-order valence-corrected chi connectivity index (χ2v) is 3.93. The molecule has 2 rings (SSSR count). The van der Waals surface area contributed by atoms with Crippen LogP contribution in [0.4, 0.5) is 5.69 Å². The van der Waals surface area contributed by atoms with E-state index in [1.807, 2.05) is 0 Å². The van der Waals surface area contributed by atoms with Gasteiger partial charge in [-0.15, -0.1) is 0 Å². The highest BCUT2D eigenvalue weighted by Crippen LogP contribution is 2.27. The Morgan fingerprint density at radius 3 is 2.82 bits per heavy atom. The van der Waals surface area contributed by atoms with Gasteiger partial charge in [-0.25, -0.2) is 0 Å². The molecule has 0 amide bonds. The first-order valence-corrected chi connectivity index (χ1v) is 5.88. The van der Waals surface area contributed by atoms with Crippen LogP contribution in [0.25, 0.3) is 11.4 Å². The van der Waals surface area contributed by atoms with Gasteiger partial charge in [0.1, 0.15) is 0 Å². The molecule has 2 aromatic rings. The Balaban J connectivity index is 2.50. The van der Waals surface area contributed by atoms with Crippen LogP contribution >= 0.6 is 15.9 Å². The van der Waals surface area contributed by atoms with E-state index in [1.54, 1.807) is 19.1 Å². The summed E-state index contributed by atoms with van der Waals surface area (Å²) in [5.74, 6) is 0.777.